The molecule has 3 rings (SSSR count). The molecular weight excluding hydrogens is 506 g/mol. The number of amides is 1. The Morgan fingerprint density at radius 3 is 2.74 bits per heavy atom. The number of halogens is 1. The van der Waals surface area contributed by atoms with E-state index in [0.717, 1.165) is 35.6 Å². The molecule has 1 fully saturated rings. The van der Waals surface area contributed by atoms with Gasteiger partial charge in [0.1, 0.15) is 11.1 Å². The summed E-state index contributed by atoms with van der Waals surface area (Å²) in [4.78, 5) is 15.3. The van der Waals surface area contributed by atoms with E-state index in [-0.39, 0.29) is 22.7 Å². The Labute approximate surface area is 217 Å². The van der Waals surface area contributed by atoms with Crippen molar-refractivity contribution >= 4 is 39.3 Å². The smallest absolute Gasteiger partial charge is 0.250 e. The van der Waals surface area contributed by atoms with Crippen LogP contribution in [0.15, 0.2) is 47.4 Å². The van der Waals surface area contributed by atoms with Crippen molar-refractivity contribution in [3.05, 3.63) is 58.6 Å². The van der Waals surface area contributed by atoms with Gasteiger partial charge in [0.15, 0.2) is 0 Å². The third-order valence-corrected chi connectivity index (χ3v) is 8.16. The Morgan fingerprint density at radius 1 is 1.31 bits per heavy atom. The molecule has 1 atom stereocenters. The topological polar surface area (TPSA) is 87.7 Å². The van der Waals surface area contributed by atoms with Gasteiger partial charge in [0.05, 0.1) is 18.0 Å². The molecule has 0 bridgehead atoms. The van der Waals surface area contributed by atoms with Crippen LogP contribution in [0.5, 0.6) is 5.75 Å². The van der Waals surface area contributed by atoms with Gasteiger partial charge in [-0.3, -0.25) is 10.1 Å². The molecule has 1 amide bonds. The molecule has 1 aliphatic heterocycles. The number of rotatable bonds is 12. The van der Waals surface area contributed by atoms with Crippen LogP contribution < -0.4 is 14.8 Å². The van der Waals surface area contributed by atoms with E-state index in [1.165, 1.54) is 0 Å². The van der Waals surface area contributed by atoms with Crippen LogP contribution in [0.1, 0.15) is 24.5 Å². The van der Waals surface area contributed by atoms with Gasteiger partial charge in [-0.05, 0) is 48.7 Å². The summed E-state index contributed by atoms with van der Waals surface area (Å²) >= 11 is 7.85. The van der Waals surface area contributed by atoms with Gasteiger partial charge in [0, 0.05) is 36.0 Å². The van der Waals surface area contributed by atoms with Crippen molar-refractivity contribution in [1.29, 1.82) is 0 Å². The van der Waals surface area contributed by atoms with Gasteiger partial charge >= 0.3 is 0 Å². The summed E-state index contributed by atoms with van der Waals surface area (Å²) in [6, 6.07) is 12.1. The standard InChI is InChI=1S/C25H30ClN3O4S2/c1-3-12-28-35(31,32)22-8-5-19(6-9-22)11-14-29(25(30)24-27-13-16-34-24)18-20-17-21(26)7-10-23(20)33-15-4-2/h1,5-10,17,24,27-28H,4,11-16,18H2,2H3/t24-/m1/s1. The van der Waals surface area contributed by atoms with Crippen LogP contribution >= 0.6 is 23.4 Å². The fraction of sp³-hybridized carbons (Fsp3) is 0.400. The molecule has 1 heterocycles. The molecular formula is C25H30ClN3O4S2. The molecule has 1 aliphatic rings. The highest BCUT2D eigenvalue weighted by molar-refractivity contribution is 8.00. The highest BCUT2D eigenvalue weighted by Crippen LogP contribution is 2.26. The number of nitrogens with one attached hydrogen (secondary N) is 2. The number of thioether (sulfide) groups is 1. The molecule has 0 saturated carbocycles. The predicted molar refractivity (Wildman–Crippen MR) is 141 cm³/mol. The molecule has 2 aromatic carbocycles. The maximum atomic E-state index is 13.3. The van der Waals surface area contributed by atoms with Gasteiger partial charge in [-0.1, -0.05) is 36.6 Å². The van der Waals surface area contributed by atoms with E-state index in [0.29, 0.717) is 31.1 Å². The predicted octanol–water partition coefficient (Wildman–Crippen LogP) is 3.27. The lowest BCUT2D eigenvalue weighted by molar-refractivity contribution is -0.131. The Hall–Kier alpha value is -2.22. The Balaban J connectivity index is 1.76. The van der Waals surface area contributed by atoms with Crippen molar-refractivity contribution < 1.29 is 17.9 Å². The Bertz CT molecular complexity index is 1140. The molecule has 35 heavy (non-hydrogen) atoms. The van der Waals surface area contributed by atoms with E-state index in [2.05, 4.69) is 16.0 Å². The lowest BCUT2D eigenvalue weighted by atomic mass is 10.1. The molecule has 0 unspecified atom stereocenters. The third-order valence-electron chi connectivity index (χ3n) is 5.37. The summed E-state index contributed by atoms with van der Waals surface area (Å²) in [5.41, 5.74) is 1.77. The highest BCUT2D eigenvalue weighted by Gasteiger charge is 2.28. The fourth-order valence-corrected chi connectivity index (χ4v) is 5.69. The zero-order chi connectivity index (χ0) is 25.3. The molecule has 10 heteroatoms. The maximum Gasteiger partial charge on any atom is 0.250 e. The van der Waals surface area contributed by atoms with Gasteiger partial charge in [0.25, 0.3) is 0 Å². The van der Waals surface area contributed by atoms with Gasteiger partial charge in [-0.15, -0.1) is 18.2 Å². The van der Waals surface area contributed by atoms with Crippen LogP contribution in [0.2, 0.25) is 5.02 Å². The largest absolute Gasteiger partial charge is 0.493 e. The van der Waals surface area contributed by atoms with Crippen molar-refractivity contribution in [1.82, 2.24) is 14.9 Å². The van der Waals surface area contributed by atoms with Crippen LogP contribution in [0.3, 0.4) is 0 Å². The molecule has 0 radical (unpaired) electrons. The zero-order valence-corrected chi connectivity index (χ0v) is 22.0. The lowest BCUT2D eigenvalue weighted by Gasteiger charge is -2.26. The quantitative estimate of drug-likeness (QED) is 0.406. The van der Waals surface area contributed by atoms with E-state index in [9.17, 15) is 13.2 Å². The van der Waals surface area contributed by atoms with Gasteiger partial charge in [-0.2, -0.15) is 4.72 Å². The first-order valence-corrected chi connectivity index (χ1v) is 14.3. The number of sulfonamides is 1. The van der Waals surface area contributed by atoms with Crippen molar-refractivity contribution in [2.24, 2.45) is 0 Å². The summed E-state index contributed by atoms with van der Waals surface area (Å²) in [6.07, 6.45) is 6.58. The van der Waals surface area contributed by atoms with Gasteiger partial charge in [-0.25, -0.2) is 8.42 Å². The highest BCUT2D eigenvalue weighted by atomic mass is 35.5. The summed E-state index contributed by atoms with van der Waals surface area (Å²) in [7, 11) is -3.65. The number of hydrogen-bond acceptors (Lipinski definition) is 6. The molecule has 0 aliphatic carbocycles. The zero-order valence-electron chi connectivity index (χ0n) is 19.6. The molecule has 0 aromatic heterocycles. The van der Waals surface area contributed by atoms with Crippen LogP contribution in [-0.2, 0) is 27.8 Å². The summed E-state index contributed by atoms with van der Waals surface area (Å²) in [5, 5.41) is 3.54. The average molecular weight is 536 g/mol. The minimum atomic E-state index is -3.65. The number of terminal acetylenes is 1. The normalized spacial score (nSPS) is 15.5. The van der Waals surface area contributed by atoms with Crippen LogP contribution in [0, 0.1) is 12.3 Å². The van der Waals surface area contributed by atoms with E-state index in [1.807, 2.05) is 19.1 Å². The molecule has 0 spiro atoms. The summed E-state index contributed by atoms with van der Waals surface area (Å²) in [5.74, 6) is 3.87. The first-order valence-electron chi connectivity index (χ1n) is 11.4. The number of ether oxygens (including phenoxy) is 1. The first-order chi connectivity index (χ1) is 16.8. The number of hydrogen-bond donors (Lipinski definition) is 2. The maximum absolute atomic E-state index is 13.3. The second-order valence-corrected chi connectivity index (χ2v) is 11.4. The van der Waals surface area contributed by atoms with Crippen LogP contribution in [-0.4, -0.2) is 56.6 Å². The molecule has 1 saturated heterocycles. The SMILES string of the molecule is C#CCNS(=O)(=O)c1ccc(CCN(Cc2cc(Cl)ccc2OCCC)C(=O)[C@@H]2NCCS2)cc1. The second-order valence-electron chi connectivity index (χ2n) is 7.99. The summed E-state index contributed by atoms with van der Waals surface area (Å²) in [6.45, 7) is 4.16. The molecule has 2 aromatic rings. The van der Waals surface area contributed by atoms with Crippen molar-refractivity contribution in [2.45, 2.75) is 36.6 Å². The van der Waals surface area contributed by atoms with E-state index < -0.39 is 10.0 Å². The monoisotopic (exact) mass is 535 g/mol. The molecule has 2 N–H and O–H groups in total. The van der Waals surface area contributed by atoms with Gasteiger partial charge < -0.3 is 9.64 Å². The third kappa shape index (κ3) is 7.89. The minimum Gasteiger partial charge on any atom is -0.493 e. The fourth-order valence-electron chi connectivity index (χ4n) is 3.57. The van der Waals surface area contributed by atoms with E-state index in [1.54, 1.807) is 47.0 Å². The van der Waals surface area contributed by atoms with Crippen molar-refractivity contribution in [2.75, 3.05) is 32.0 Å². The van der Waals surface area contributed by atoms with E-state index >= 15 is 0 Å². The van der Waals surface area contributed by atoms with Crippen LogP contribution in [0.4, 0.5) is 0 Å². The number of carbonyl (C=O) groups is 1. The molecule has 7 nitrogen and oxygen atoms in total. The molecule has 188 valence electrons. The number of benzene rings is 2. The Morgan fingerprint density at radius 2 is 2.09 bits per heavy atom. The number of carbonyl (C=O) groups excluding carboxylic acids is 1. The average Bonchev–Trinajstić information content (AvgIpc) is 3.40. The van der Waals surface area contributed by atoms with Crippen LogP contribution in [0.25, 0.3) is 0 Å². The van der Waals surface area contributed by atoms with Crippen molar-refractivity contribution in [3.8, 4) is 18.1 Å². The Kier molecular flexibility index (Phi) is 10.3. The van der Waals surface area contributed by atoms with Gasteiger partial charge in [0.2, 0.25) is 15.9 Å². The summed E-state index contributed by atoms with van der Waals surface area (Å²) < 4.78 is 32.7. The lowest BCUT2D eigenvalue weighted by Crippen LogP contribution is -2.43. The minimum absolute atomic E-state index is 0.00611. The van der Waals surface area contributed by atoms with E-state index in [4.69, 9.17) is 22.8 Å². The van der Waals surface area contributed by atoms with Crippen molar-refractivity contribution in [3.63, 3.8) is 0 Å². The first kappa shape index (κ1) is 27.4. The second kappa shape index (κ2) is 13.2. The number of nitrogens with zero attached hydrogens (tertiary/aromatic N) is 1.